The summed E-state index contributed by atoms with van der Waals surface area (Å²) in [5, 5.41) is 24.8. The van der Waals surface area contributed by atoms with Crippen LogP contribution in [-0.2, 0) is 4.79 Å². The van der Waals surface area contributed by atoms with E-state index in [0.717, 1.165) is 5.56 Å². The Labute approximate surface area is 146 Å². The standard InChI is InChI=1S/C18H23N5O2/c1-12(2)16(18(25)19-15-9-8-13(10-15)11-24)23-21-17(20-22-23)14-6-4-3-5-7-14/h3-9,12-13,15-16,24H,10-11H2,1-2H3,(H,19,25)/t13-,15+,16?/m0/s1. The van der Waals surface area contributed by atoms with E-state index in [4.69, 9.17) is 0 Å². The van der Waals surface area contributed by atoms with Gasteiger partial charge in [-0.05, 0) is 17.6 Å². The Balaban J connectivity index is 1.74. The van der Waals surface area contributed by atoms with Crippen LogP contribution in [0, 0.1) is 11.8 Å². The van der Waals surface area contributed by atoms with Crippen molar-refractivity contribution in [3.63, 3.8) is 0 Å². The topological polar surface area (TPSA) is 92.9 Å². The molecule has 1 aliphatic rings. The summed E-state index contributed by atoms with van der Waals surface area (Å²) in [6.07, 6.45) is 4.59. The molecule has 2 N–H and O–H groups in total. The Morgan fingerprint density at radius 1 is 1.32 bits per heavy atom. The fourth-order valence-corrected chi connectivity index (χ4v) is 3.01. The van der Waals surface area contributed by atoms with Gasteiger partial charge in [-0.15, -0.1) is 10.2 Å². The number of rotatable bonds is 6. The van der Waals surface area contributed by atoms with Gasteiger partial charge in [0.25, 0.3) is 0 Å². The summed E-state index contributed by atoms with van der Waals surface area (Å²) in [7, 11) is 0. The molecule has 0 aliphatic heterocycles. The van der Waals surface area contributed by atoms with Gasteiger partial charge in [-0.3, -0.25) is 4.79 Å². The molecular formula is C18H23N5O2. The van der Waals surface area contributed by atoms with Crippen molar-refractivity contribution in [3.05, 3.63) is 42.5 Å². The third kappa shape index (κ3) is 3.93. The van der Waals surface area contributed by atoms with Gasteiger partial charge in [0, 0.05) is 24.1 Å². The van der Waals surface area contributed by atoms with Crippen molar-refractivity contribution < 1.29 is 9.90 Å². The molecule has 25 heavy (non-hydrogen) atoms. The van der Waals surface area contributed by atoms with Gasteiger partial charge in [-0.2, -0.15) is 4.80 Å². The van der Waals surface area contributed by atoms with E-state index in [-0.39, 0.29) is 30.4 Å². The lowest BCUT2D eigenvalue weighted by Crippen LogP contribution is -2.41. The van der Waals surface area contributed by atoms with Crippen LogP contribution in [0.3, 0.4) is 0 Å². The highest BCUT2D eigenvalue weighted by Crippen LogP contribution is 2.21. The molecule has 7 nitrogen and oxygen atoms in total. The SMILES string of the molecule is CC(C)C(C(=O)N[C@@H]1C=C[C@H](CO)C1)n1nnc(-c2ccccc2)n1. The summed E-state index contributed by atoms with van der Waals surface area (Å²) in [6.45, 7) is 4.01. The number of aromatic nitrogens is 4. The minimum Gasteiger partial charge on any atom is -0.396 e. The zero-order chi connectivity index (χ0) is 17.8. The van der Waals surface area contributed by atoms with Crippen molar-refractivity contribution in [1.29, 1.82) is 0 Å². The number of carbonyl (C=O) groups excluding carboxylic acids is 1. The molecule has 2 aromatic rings. The summed E-state index contributed by atoms with van der Waals surface area (Å²) in [4.78, 5) is 14.1. The molecular weight excluding hydrogens is 318 g/mol. The van der Waals surface area contributed by atoms with Gasteiger partial charge < -0.3 is 10.4 Å². The Hall–Kier alpha value is -2.54. The molecule has 1 heterocycles. The van der Waals surface area contributed by atoms with Crippen molar-refractivity contribution in [1.82, 2.24) is 25.5 Å². The molecule has 0 saturated carbocycles. The van der Waals surface area contributed by atoms with E-state index in [0.29, 0.717) is 12.2 Å². The molecule has 1 aromatic heterocycles. The van der Waals surface area contributed by atoms with E-state index in [2.05, 4.69) is 20.7 Å². The lowest BCUT2D eigenvalue weighted by atomic mass is 10.0. The van der Waals surface area contributed by atoms with Crippen LogP contribution in [0.4, 0.5) is 0 Å². The quantitative estimate of drug-likeness (QED) is 0.778. The number of benzene rings is 1. The van der Waals surface area contributed by atoms with Gasteiger partial charge >= 0.3 is 0 Å². The number of tetrazole rings is 1. The first kappa shape index (κ1) is 17.3. The van der Waals surface area contributed by atoms with E-state index in [9.17, 15) is 9.90 Å². The molecule has 3 atom stereocenters. The lowest BCUT2D eigenvalue weighted by Gasteiger charge is -2.21. The first-order valence-corrected chi connectivity index (χ1v) is 8.53. The first-order valence-electron chi connectivity index (χ1n) is 8.53. The van der Waals surface area contributed by atoms with Crippen molar-refractivity contribution in [2.24, 2.45) is 11.8 Å². The van der Waals surface area contributed by atoms with Gasteiger partial charge in [-0.1, -0.05) is 56.3 Å². The molecule has 3 rings (SSSR count). The molecule has 0 radical (unpaired) electrons. The van der Waals surface area contributed by atoms with Crippen molar-refractivity contribution in [3.8, 4) is 11.4 Å². The lowest BCUT2D eigenvalue weighted by molar-refractivity contribution is -0.126. The monoisotopic (exact) mass is 341 g/mol. The van der Waals surface area contributed by atoms with Crippen LogP contribution in [0.5, 0.6) is 0 Å². The van der Waals surface area contributed by atoms with E-state index in [1.807, 2.05) is 56.3 Å². The van der Waals surface area contributed by atoms with Crippen molar-refractivity contribution >= 4 is 5.91 Å². The summed E-state index contributed by atoms with van der Waals surface area (Å²) in [5.74, 6) is 0.481. The smallest absolute Gasteiger partial charge is 0.247 e. The average Bonchev–Trinajstić information content (AvgIpc) is 3.25. The van der Waals surface area contributed by atoms with E-state index in [1.54, 1.807) is 0 Å². The predicted molar refractivity (Wildman–Crippen MR) is 93.4 cm³/mol. The molecule has 1 amide bonds. The maximum atomic E-state index is 12.7. The van der Waals surface area contributed by atoms with Gasteiger partial charge in [-0.25, -0.2) is 0 Å². The fourth-order valence-electron chi connectivity index (χ4n) is 3.01. The average molecular weight is 341 g/mol. The zero-order valence-corrected chi connectivity index (χ0v) is 14.4. The first-order chi connectivity index (χ1) is 12.1. The molecule has 1 aliphatic carbocycles. The molecule has 7 heteroatoms. The highest BCUT2D eigenvalue weighted by Gasteiger charge is 2.30. The maximum Gasteiger partial charge on any atom is 0.247 e. The Kier molecular flexibility index (Phi) is 5.23. The number of nitrogens with one attached hydrogen (secondary N) is 1. The number of amides is 1. The second-order valence-electron chi connectivity index (χ2n) is 6.67. The van der Waals surface area contributed by atoms with Crippen LogP contribution in [0.2, 0.25) is 0 Å². The second kappa shape index (κ2) is 7.57. The largest absolute Gasteiger partial charge is 0.396 e. The second-order valence-corrected chi connectivity index (χ2v) is 6.67. The van der Waals surface area contributed by atoms with Crippen LogP contribution >= 0.6 is 0 Å². The molecule has 1 unspecified atom stereocenters. The number of aliphatic hydroxyl groups excluding tert-OH is 1. The fraction of sp³-hybridized carbons (Fsp3) is 0.444. The number of nitrogens with zero attached hydrogens (tertiary/aromatic N) is 4. The molecule has 0 saturated heterocycles. The van der Waals surface area contributed by atoms with Gasteiger partial charge in [0.2, 0.25) is 11.7 Å². The van der Waals surface area contributed by atoms with Crippen molar-refractivity contribution in [2.75, 3.05) is 6.61 Å². The zero-order valence-electron chi connectivity index (χ0n) is 14.4. The van der Waals surface area contributed by atoms with Crippen LogP contribution in [-0.4, -0.2) is 43.9 Å². The molecule has 0 bridgehead atoms. The Bertz CT molecular complexity index is 741. The highest BCUT2D eigenvalue weighted by atomic mass is 16.3. The summed E-state index contributed by atoms with van der Waals surface area (Å²) in [6, 6.07) is 8.95. The normalized spacial score (nSPS) is 20.8. The van der Waals surface area contributed by atoms with E-state index < -0.39 is 6.04 Å². The van der Waals surface area contributed by atoms with Gasteiger partial charge in [0.1, 0.15) is 0 Å². The van der Waals surface area contributed by atoms with Crippen LogP contribution in [0.1, 0.15) is 26.3 Å². The third-order valence-electron chi connectivity index (χ3n) is 4.34. The molecule has 0 spiro atoms. The number of hydrogen-bond acceptors (Lipinski definition) is 5. The Morgan fingerprint density at radius 3 is 2.72 bits per heavy atom. The summed E-state index contributed by atoms with van der Waals surface area (Å²) >= 11 is 0. The third-order valence-corrected chi connectivity index (χ3v) is 4.34. The number of carbonyl (C=O) groups is 1. The van der Waals surface area contributed by atoms with Gasteiger partial charge in [0.05, 0.1) is 0 Å². The van der Waals surface area contributed by atoms with Gasteiger partial charge in [0.15, 0.2) is 6.04 Å². The van der Waals surface area contributed by atoms with Crippen molar-refractivity contribution in [2.45, 2.75) is 32.4 Å². The van der Waals surface area contributed by atoms with Crippen LogP contribution in [0.25, 0.3) is 11.4 Å². The maximum absolute atomic E-state index is 12.7. The summed E-state index contributed by atoms with van der Waals surface area (Å²) in [5.41, 5.74) is 0.862. The van der Waals surface area contributed by atoms with Crippen LogP contribution < -0.4 is 5.32 Å². The van der Waals surface area contributed by atoms with Crippen LogP contribution in [0.15, 0.2) is 42.5 Å². The van der Waals surface area contributed by atoms with E-state index >= 15 is 0 Å². The Morgan fingerprint density at radius 2 is 2.08 bits per heavy atom. The predicted octanol–water partition coefficient (Wildman–Crippen LogP) is 1.59. The minimum atomic E-state index is -0.536. The summed E-state index contributed by atoms with van der Waals surface area (Å²) < 4.78 is 0. The minimum absolute atomic E-state index is 0.0110. The molecule has 132 valence electrons. The molecule has 0 fully saturated rings. The highest BCUT2D eigenvalue weighted by molar-refractivity contribution is 5.81. The molecule has 1 aromatic carbocycles. The number of aliphatic hydroxyl groups is 1. The number of hydrogen-bond donors (Lipinski definition) is 2. The van der Waals surface area contributed by atoms with E-state index in [1.165, 1.54) is 4.80 Å².